The second kappa shape index (κ2) is 13.5. The number of anilines is 1. The molecule has 1 N–H and O–H groups in total. The van der Waals surface area contributed by atoms with Crippen molar-refractivity contribution in [2.45, 2.75) is 26.9 Å². The first-order valence-corrected chi connectivity index (χ1v) is 11.9. The summed E-state index contributed by atoms with van der Waals surface area (Å²) < 4.78 is 30.9. The smallest absolute Gasteiger partial charge is 0.266 e. The molecule has 0 aliphatic rings. The van der Waals surface area contributed by atoms with E-state index in [1.54, 1.807) is 48.5 Å². The van der Waals surface area contributed by atoms with Crippen molar-refractivity contribution in [2.75, 3.05) is 18.5 Å². The summed E-state index contributed by atoms with van der Waals surface area (Å²) >= 11 is 0. The van der Waals surface area contributed by atoms with E-state index in [1.807, 2.05) is 26.0 Å². The number of amides is 1. The molecule has 0 heterocycles. The van der Waals surface area contributed by atoms with E-state index >= 15 is 0 Å². The highest BCUT2D eigenvalue weighted by Gasteiger charge is 2.16. The first-order valence-electron chi connectivity index (χ1n) is 11.9. The number of carbonyl (C=O) groups is 1. The van der Waals surface area contributed by atoms with E-state index in [9.17, 15) is 14.4 Å². The van der Waals surface area contributed by atoms with Gasteiger partial charge in [-0.2, -0.15) is 5.26 Å². The Morgan fingerprint density at radius 3 is 2.46 bits per heavy atom. The Labute approximate surface area is 216 Å². The van der Waals surface area contributed by atoms with Crippen LogP contribution in [0.5, 0.6) is 17.2 Å². The molecule has 37 heavy (non-hydrogen) atoms. The topological polar surface area (TPSA) is 80.6 Å². The van der Waals surface area contributed by atoms with Crippen molar-refractivity contribution in [3.8, 4) is 23.3 Å². The molecule has 0 spiro atoms. The zero-order chi connectivity index (χ0) is 26.6. The predicted molar refractivity (Wildman–Crippen MR) is 142 cm³/mol. The molecule has 3 rings (SSSR count). The quantitative estimate of drug-likeness (QED) is 0.175. The summed E-state index contributed by atoms with van der Waals surface area (Å²) in [5.74, 6) is 0.760. The number of hydrogen-bond donors (Lipinski definition) is 1. The standard InChI is InChI=1S/C30H29FN2O4/c1-4-8-23-15-22(16-24(19-32)30(34)33-26-11-13-27(14-12-26)35-5-2)18-28(36-6-3)29(23)37-20-21-9-7-10-25(31)17-21/h4,7,9-18H,1,5-6,8,20H2,2-3H3,(H,33,34)/b24-16+. The van der Waals surface area contributed by atoms with Gasteiger partial charge in [-0.15, -0.1) is 6.58 Å². The fraction of sp³-hybridized carbons (Fsp3) is 0.200. The lowest BCUT2D eigenvalue weighted by Crippen LogP contribution is -2.13. The van der Waals surface area contributed by atoms with Gasteiger partial charge >= 0.3 is 0 Å². The van der Waals surface area contributed by atoms with Gasteiger partial charge in [-0.1, -0.05) is 18.2 Å². The molecule has 0 saturated carbocycles. The molecule has 0 atom stereocenters. The van der Waals surface area contributed by atoms with Gasteiger partial charge in [0.2, 0.25) is 0 Å². The van der Waals surface area contributed by atoms with Gasteiger partial charge < -0.3 is 19.5 Å². The summed E-state index contributed by atoms with van der Waals surface area (Å²) in [6.45, 7) is 8.61. The first-order chi connectivity index (χ1) is 18.0. The lowest BCUT2D eigenvalue weighted by Gasteiger charge is -2.17. The van der Waals surface area contributed by atoms with Gasteiger partial charge in [-0.3, -0.25) is 4.79 Å². The van der Waals surface area contributed by atoms with E-state index in [2.05, 4.69) is 11.9 Å². The predicted octanol–water partition coefficient (Wildman–Crippen LogP) is 6.48. The molecule has 0 bridgehead atoms. The Kier molecular flexibility index (Phi) is 9.86. The minimum atomic E-state index is -0.540. The van der Waals surface area contributed by atoms with Gasteiger partial charge in [-0.25, -0.2) is 4.39 Å². The highest BCUT2D eigenvalue weighted by molar-refractivity contribution is 6.09. The van der Waals surface area contributed by atoms with Crippen molar-refractivity contribution in [3.05, 3.63) is 101 Å². The number of nitriles is 1. The van der Waals surface area contributed by atoms with Crippen LogP contribution >= 0.6 is 0 Å². The minimum absolute atomic E-state index is 0.0747. The molecule has 0 aromatic heterocycles. The SMILES string of the molecule is C=CCc1cc(/C=C(\C#N)C(=O)Nc2ccc(OCC)cc2)cc(OCC)c1OCc1cccc(F)c1. The van der Waals surface area contributed by atoms with E-state index in [-0.39, 0.29) is 18.0 Å². The Balaban J connectivity index is 1.88. The number of allylic oxidation sites excluding steroid dienone is 1. The van der Waals surface area contributed by atoms with Crippen molar-refractivity contribution in [2.24, 2.45) is 0 Å². The molecule has 0 aliphatic carbocycles. The van der Waals surface area contributed by atoms with Crippen LogP contribution in [0.1, 0.15) is 30.5 Å². The molecule has 0 saturated heterocycles. The molecule has 3 aromatic carbocycles. The van der Waals surface area contributed by atoms with Crippen molar-refractivity contribution in [1.29, 1.82) is 5.26 Å². The largest absolute Gasteiger partial charge is 0.494 e. The van der Waals surface area contributed by atoms with Crippen LogP contribution in [0.15, 0.2) is 78.9 Å². The number of hydrogen-bond acceptors (Lipinski definition) is 5. The zero-order valence-electron chi connectivity index (χ0n) is 20.9. The molecule has 7 heteroatoms. The number of carbonyl (C=O) groups excluding carboxylic acids is 1. The van der Waals surface area contributed by atoms with Crippen LogP contribution in [0.25, 0.3) is 6.08 Å². The van der Waals surface area contributed by atoms with Crippen LogP contribution < -0.4 is 19.5 Å². The number of ether oxygens (including phenoxy) is 3. The molecule has 1 amide bonds. The number of halogens is 1. The number of rotatable bonds is 12. The molecule has 0 aliphatic heterocycles. The monoisotopic (exact) mass is 500 g/mol. The third-order valence-corrected chi connectivity index (χ3v) is 5.19. The average molecular weight is 501 g/mol. The second-order valence-electron chi connectivity index (χ2n) is 7.93. The van der Waals surface area contributed by atoms with Crippen LogP contribution in [0.3, 0.4) is 0 Å². The molecule has 0 radical (unpaired) electrons. The first kappa shape index (κ1) is 27.0. The number of benzene rings is 3. The van der Waals surface area contributed by atoms with Crippen molar-refractivity contribution < 1.29 is 23.4 Å². The third-order valence-electron chi connectivity index (χ3n) is 5.19. The van der Waals surface area contributed by atoms with Crippen molar-refractivity contribution >= 4 is 17.7 Å². The zero-order valence-corrected chi connectivity index (χ0v) is 20.9. The fourth-order valence-electron chi connectivity index (χ4n) is 3.60. The van der Waals surface area contributed by atoms with Gasteiger partial charge in [0, 0.05) is 11.3 Å². The molecule has 0 fully saturated rings. The van der Waals surface area contributed by atoms with E-state index < -0.39 is 5.91 Å². The molecule has 6 nitrogen and oxygen atoms in total. The van der Waals surface area contributed by atoms with Crippen LogP contribution in [-0.2, 0) is 17.8 Å². The van der Waals surface area contributed by atoms with Crippen molar-refractivity contribution in [3.63, 3.8) is 0 Å². The summed E-state index contributed by atoms with van der Waals surface area (Å²) in [4.78, 5) is 12.8. The number of nitrogens with zero attached hydrogens (tertiary/aromatic N) is 1. The van der Waals surface area contributed by atoms with Gasteiger partial charge in [0.25, 0.3) is 5.91 Å². The lowest BCUT2D eigenvalue weighted by atomic mass is 10.0. The average Bonchev–Trinajstić information content (AvgIpc) is 2.88. The normalized spacial score (nSPS) is 10.8. The molecule has 190 valence electrons. The highest BCUT2D eigenvalue weighted by Crippen LogP contribution is 2.35. The Bertz CT molecular complexity index is 1310. The summed E-state index contributed by atoms with van der Waals surface area (Å²) in [7, 11) is 0. The fourth-order valence-corrected chi connectivity index (χ4v) is 3.60. The van der Waals surface area contributed by atoms with Crippen molar-refractivity contribution in [1.82, 2.24) is 0 Å². The van der Waals surface area contributed by atoms with Gasteiger partial charge in [0.05, 0.1) is 13.2 Å². The maximum Gasteiger partial charge on any atom is 0.266 e. The van der Waals surface area contributed by atoms with E-state index in [0.717, 1.165) is 5.56 Å². The summed E-state index contributed by atoms with van der Waals surface area (Å²) in [5.41, 5.74) is 2.49. The summed E-state index contributed by atoms with van der Waals surface area (Å²) in [6, 6.07) is 18.6. The van der Waals surface area contributed by atoms with E-state index in [4.69, 9.17) is 14.2 Å². The lowest BCUT2D eigenvalue weighted by molar-refractivity contribution is -0.112. The molecular weight excluding hydrogens is 471 g/mol. The summed E-state index contributed by atoms with van der Waals surface area (Å²) in [6.07, 6.45) is 3.67. The Morgan fingerprint density at radius 2 is 1.81 bits per heavy atom. The van der Waals surface area contributed by atoms with Gasteiger partial charge in [0.15, 0.2) is 11.5 Å². The number of nitrogens with one attached hydrogen (secondary N) is 1. The van der Waals surface area contributed by atoms with Crippen LogP contribution in [-0.4, -0.2) is 19.1 Å². The third kappa shape index (κ3) is 7.71. The van der Waals surface area contributed by atoms with Gasteiger partial charge in [0.1, 0.15) is 29.8 Å². The van der Waals surface area contributed by atoms with Gasteiger partial charge in [-0.05, 0) is 86.0 Å². The van der Waals surface area contributed by atoms with E-state index in [1.165, 1.54) is 18.2 Å². The highest BCUT2D eigenvalue weighted by atomic mass is 19.1. The minimum Gasteiger partial charge on any atom is -0.494 e. The maximum absolute atomic E-state index is 13.6. The second-order valence-corrected chi connectivity index (χ2v) is 7.93. The van der Waals surface area contributed by atoms with Crippen LogP contribution in [0.4, 0.5) is 10.1 Å². The molecule has 0 unspecified atom stereocenters. The molecular formula is C30H29FN2O4. The molecule has 3 aromatic rings. The summed E-state index contributed by atoms with van der Waals surface area (Å²) in [5, 5.41) is 12.4. The maximum atomic E-state index is 13.6. The Morgan fingerprint density at radius 1 is 1.05 bits per heavy atom. The van der Waals surface area contributed by atoms with Crippen LogP contribution in [0.2, 0.25) is 0 Å². The Hall–Kier alpha value is -4.57. The van der Waals surface area contributed by atoms with E-state index in [0.29, 0.717) is 53.7 Å². The van der Waals surface area contributed by atoms with Crippen LogP contribution in [0, 0.1) is 17.1 Å².